The molecule has 1 unspecified atom stereocenters. The smallest absolute Gasteiger partial charge is 0.296 e. The molecule has 0 amide bonds. The summed E-state index contributed by atoms with van der Waals surface area (Å²) >= 11 is 0. The zero-order valence-corrected chi connectivity index (χ0v) is 11.3. The molecule has 0 spiro atoms. The van der Waals surface area contributed by atoms with Gasteiger partial charge in [0, 0.05) is 12.1 Å². The van der Waals surface area contributed by atoms with E-state index in [-0.39, 0.29) is 11.7 Å². The van der Waals surface area contributed by atoms with Crippen LogP contribution >= 0.6 is 0 Å². The van der Waals surface area contributed by atoms with Crippen molar-refractivity contribution >= 4 is 22.8 Å². The summed E-state index contributed by atoms with van der Waals surface area (Å²) in [5.74, 6) is 0. The van der Waals surface area contributed by atoms with E-state index >= 15 is 0 Å². The second kappa shape index (κ2) is 5.24. The Balaban J connectivity index is 1.86. The SMILES string of the molecule is CC(Nc1nc2cc([N+](=O)[O-])ccc2o1)c1ccccc1. The number of rotatable bonds is 4. The van der Waals surface area contributed by atoms with Gasteiger partial charge in [-0.1, -0.05) is 30.3 Å². The van der Waals surface area contributed by atoms with Crippen molar-refractivity contribution in [1.82, 2.24) is 4.98 Å². The van der Waals surface area contributed by atoms with Crippen LogP contribution in [0, 0.1) is 10.1 Å². The average molecular weight is 283 g/mol. The lowest BCUT2D eigenvalue weighted by Gasteiger charge is -2.11. The zero-order chi connectivity index (χ0) is 14.8. The van der Waals surface area contributed by atoms with Gasteiger partial charge in [-0.25, -0.2) is 0 Å². The maximum Gasteiger partial charge on any atom is 0.296 e. The molecule has 1 heterocycles. The first-order valence-corrected chi connectivity index (χ1v) is 6.50. The number of benzene rings is 2. The van der Waals surface area contributed by atoms with Gasteiger partial charge in [0.1, 0.15) is 5.52 Å². The van der Waals surface area contributed by atoms with E-state index < -0.39 is 4.92 Å². The van der Waals surface area contributed by atoms with Crippen LogP contribution < -0.4 is 5.32 Å². The maximum absolute atomic E-state index is 10.7. The number of anilines is 1. The Morgan fingerprint density at radius 1 is 1.24 bits per heavy atom. The molecule has 0 radical (unpaired) electrons. The van der Waals surface area contributed by atoms with E-state index in [4.69, 9.17) is 4.42 Å². The van der Waals surface area contributed by atoms with E-state index in [1.807, 2.05) is 37.3 Å². The van der Waals surface area contributed by atoms with Gasteiger partial charge in [-0.3, -0.25) is 10.1 Å². The van der Waals surface area contributed by atoms with Gasteiger partial charge in [-0.2, -0.15) is 4.98 Å². The molecule has 0 saturated heterocycles. The third kappa shape index (κ3) is 2.69. The van der Waals surface area contributed by atoms with Crippen LogP contribution in [0.1, 0.15) is 18.5 Å². The number of nitrogens with one attached hydrogen (secondary N) is 1. The molecule has 6 heteroatoms. The van der Waals surface area contributed by atoms with Crippen LogP contribution in [0.4, 0.5) is 11.7 Å². The van der Waals surface area contributed by atoms with Crippen molar-refractivity contribution in [3.63, 3.8) is 0 Å². The zero-order valence-electron chi connectivity index (χ0n) is 11.3. The summed E-state index contributed by atoms with van der Waals surface area (Å²) in [5.41, 5.74) is 2.08. The van der Waals surface area contributed by atoms with Crippen molar-refractivity contribution in [2.45, 2.75) is 13.0 Å². The molecule has 0 aliphatic carbocycles. The van der Waals surface area contributed by atoms with Crippen LogP contribution in [0.3, 0.4) is 0 Å². The summed E-state index contributed by atoms with van der Waals surface area (Å²) in [4.78, 5) is 14.5. The fourth-order valence-corrected chi connectivity index (χ4v) is 2.10. The normalized spacial score (nSPS) is 12.2. The molecule has 1 aromatic heterocycles. The fourth-order valence-electron chi connectivity index (χ4n) is 2.10. The van der Waals surface area contributed by atoms with E-state index in [2.05, 4.69) is 10.3 Å². The Morgan fingerprint density at radius 2 is 2.00 bits per heavy atom. The summed E-state index contributed by atoms with van der Waals surface area (Å²) in [7, 11) is 0. The third-order valence-electron chi connectivity index (χ3n) is 3.22. The van der Waals surface area contributed by atoms with Crippen LogP contribution in [-0.2, 0) is 0 Å². The Labute approximate surface area is 120 Å². The molecular weight excluding hydrogens is 270 g/mol. The quantitative estimate of drug-likeness (QED) is 0.580. The number of nitro groups is 1. The lowest BCUT2D eigenvalue weighted by Crippen LogP contribution is -2.06. The van der Waals surface area contributed by atoms with Crippen molar-refractivity contribution in [3.05, 3.63) is 64.2 Å². The molecule has 0 aliphatic heterocycles. The Hall–Kier alpha value is -2.89. The van der Waals surface area contributed by atoms with Gasteiger partial charge < -0.3 is 9.73 Å². The Bertz CT molecular complexity index is 783. The molecule has 106 valence electrons. The van der Waals surface area contributed by atoms with Crippen LogP contribution in [-0.4, -0.2) is 9.91 Å². The maximum atomic E-state index is 10.7. The third-order valence-corrected chi connectivity index (χ3v) is 3.22. The van der Waals surface area contributed by atoms with E-state index in [1.54, 1.807) is 6.07 Å². The van der Waals surface area contributed by atoms with Gasteiger partial charge in [0.25, 0.3) is 11.7 Å². The van der Waals surface area contributed by atoms with Crippen molar-refractivity contribution in [1.29, 1.82) is 0 Å². The fraction of sp³-hybridized carbons (Fsp3) is 0.133. The number of nitrogens with zero attached hydrogens (tertiary/aromatic N) is 2. The Morgan fingerprint density at radius 3 is 2.71 bits per heavy atom. The molecule has 2 aromatic carbocycles. The van der Waals surface area contributed by atoms with Gasteiger partial charge in [0.05, 0.1) is 11.0 Å². The molecule has 0 fully saturated rings. The number of oxazole rings is 1. The highest BCUT2D eigenvalue weighted by atomic mass is 16.6. The topological polar surface area (TPSA) is 81.2 Å². The van der Waals surface area contributed by atoms with Crippen LogP contribution in [0.15, 0.2) is 52.9 Å². The van der Waals surface area contributed by atoms with Gasteiger partial charge in [0.2, 0.25) is 0 Å². The molecule has 1 atom stereocenters. The summed E-state index contributed by atoms with van der Waals surface area (Å²) in [6.45, 7) is 1.99. The standard InChI is InChI=1S/C15H13N3O3/c1-10(11-5-3-2-4-6-11)16-15-17-13-9-12(18(19)20)7-8-14(13)21-15/h2-10H,1H3,(H,16,17). The van der Waals surface area contributed by atoms with Crippen molar-refractivity contribution < 1.29 is 9.34 Å². The second-order valence-corrected chi connectivity index (χ2v) is 4.70. The minimum absolute atomic E-state index is 0.00143. The van der Waals surface area contributed by atoms with E-state index in [0.29, 0.717) is 17.1 Å². The second-order valence-electron chi connectivity index (χ2n) is 4.70. The summed E-state index contributed by atoms with van der Waals surface area (Å²) in [6, 6.07) is 14.6. The number of hydrogen-bond acceptors (Lipinski definition) is 5. The van der Waals surface area contributed by atoms with E-state index in [0.717, 1.165) is 5.56 Å². The molecule has 3 rings (SSSR count). The summed E-state index contributed by atoms with van der Waals surface area (Å²) < 4.78 is 5.55. The number of hydrogen-bond donors (Lipinski definition) is 1. The van der Waals surface area contributed by atoms with Gasteiger partial charge in [0.15, 0.2) is 5.58 Å². The van der Waals surface area contributed by atoms with Crippen LogP contribution in [0.2, 0.25) is 0 Å². The predicted octanol–water partition coefficient (Wildman–Crippen LogP) is 3.91. The first-order valence-electron chi connectivity index (χ1n) is 6.50. The minimum atomic E-state index is -0.451. The predicted molar refractivity (Wildman–Crippen MR) is 79.1 cm³/mol. The first kappa shape index (κ1) is 13.1. The average Bonchev–Trinajstić information content (AvgIpc) is 2.89. The van der Waals surface area contributed by atoms with Crippen molar-refractivity contribution in [2.75, 3.05) is 5.32 Å². The highest BCUT2D eigenvalue weighted by Gasteiger charge is 2.13. The van der Waals surface area contributed by atoms with E-state index in [1.165, 1.54) is 12.1 Å². The minimum Gasteiger partial charge on any atom is -0.424 e. The van der Waals surface area contributed by atoms with Crippen LogP contribution in [0.5, 0.6) is 0 Å². The molecule has 1 N–H and O–H groups in total. The summed E-state index contributed by atoms with van der Waals surface area (Å²) in [5, 5.41) is 13.9. The highest BCUT2D eigenvalue weighted by molar-refractivity contribution is 5.77. The molecule has 3 aromatic rings. The van der Waals surface area contributed by atoms with Crippen LogP contribution in [0.25, 0.3) is 11.1 Å². The molecule has 0 aliphatic rings. The van der Waals surface area contributed by atoms with E-state index in [9.17, 15) is 10.1 Å². The number of non-ortho nitro benzene ring substituents is 1. The van der Waals surface area contributed by atoms with Gasteiger partial charge in [-0.15, -0.1) is 0 Å². The van der Waals surface area contributed by atoms with Gasteiger partial charge >= 0.3 is 0 Å². The Kier molecular flexibility index (Phi) is 3.27. The number of aromatic nitrogens is 1. The lowest BCUT2D eigenvalue weighted by atomic mass is 10.1. The highest BCUT2D eigenvalue weighted by Crippen LogP contribution is 2.25. The summed E-state index contributed by atoms with van der Waals surface area (Å²) in [6.07, 6.45) is 0. The molecule has 0 saturated carbocycles. The molecule has 0 bridgehead atoms. The van der Waals surface area contributed by atoms with Crippen molar-refractivity contribution in [3.8, 4) is 0 Å². The number of fused-ring (bicyclic) bond motifs is 1. The largest absolute Gasteiger partial charge is 0.424 e. The lowest BCUT2D eigenvalue weighted by molar-refractivity contribution is -0.384. The monoisotopic (exact) mass is 283 g/mol. The number of nitro benzene ring substituents is 1. The van der Waals surface area contributed by atoms with Gasteiger partial charge in [-0.05, 0) is 18.6 Å². The van der Waals surface area contributed by atoms with Crippen molar-refractivity contribution in [2.24, 2.45) is 0 Å². The molecule has 21 heavy (non-hydrogen) atoms. The molecular formula is C15H13N3O3. The first-order chi connectivity index (χ1) is 10.1. The molecule has 6 nitrogen and oxygen atoms in total.